The van der Waals surface area contributed by atoms with Gasteiger partial charge in [0, 0.05) is 22.7 Å². The Bertz CT molecular complexity index is 581. The average molecular weight is 286 g/mol. The van der Waals surface area contributed by atoms with Gasteiger partial charge < -0.3 is 5.73 Å². The van der Waals surface area contributed by atoms with Crippen LogP contribution in [0.2, 0.25) is 5.02 Å². The highest BCUT2D eigenvalue weighted by Gasteiger charge is 2.13. The van der Waals surface area contributed by atoms with Gasteiger partial charge in [-0.25, -0.2) is 13.2 Å². The van der Waals surface area contributed by atoms with Gasteiger partial charge >= 0.3 is 0 Å². The Balaban J connectivity index is 2.25. The molecule has 1 atom stereocenters. The van der Waals surface area contributed by atoms with Crippen LogP contribution in [-0.2, 0) is 6.42 Å². The lowest BCUT2D eigenvalue weighted by Gasteiger charge is -2.13. The molecule has 100 valence electrons. The van der Waals surface area contributed by atoms with E-state index in [1.807, 2.05) is 0 Å². The van der Waals surface area contributed by atoms with Crippen LogP contribution in [-0.4, -0.2) is 0 Å². The lowest BCUT2D eigenvalue weighted by molar-refractivity contribution is 0.567. The Morgan fingerprint density at radius 2 is 1.63 bits per heavy atom. The van der Waals surface area contributed by atoms with Crippen molar-refractivity contribution < 1.29 is 13.2 Å². The van der Waals surface area contributed by atoms with Gasteiger partial charge in [0.15, 0.2) is 0 Å². The molecule has 2 aromatic rings. The van der Waals surface area contributed by atoms with Crippen molar-refractivity contribution in [2.24, 2.45) is 5.73 Å². The van der Waals surface area contributed by atoms with Crippen LogP contribution in [0.15, 0.2) is 36.4 Å². The number of rotatable bonds is 3. The van der Waals surface area contributed by atoms with E-state index in [2.05, 4.69) is 0 Å². The zero-order valence-electron chi connectivity index (χ0n) is 9.84. The van der Waals surface area contributed by atoms with Crippen LogP contribution in [0.5, 0.6) is 0 Å². The van der Waals surface area contributed by atoms with E-state index in [0.29, 0.717) is 10.6 Å². The zero-order chi connectivity index (χ0) is 14.0. The number of hydrogen-bond acceptors (Lipinski definition) is 1. The molecule has 2 rings (SSSR count). The number of benzene rings is 2. The first-order valence-corrected chi connectivity index (χ1v) is 5.99. The van der Waals surface area contributed by atoms with Crippen LogP contribution in [0.4, 0.5) is 13.2 Å². The fraction of sp³-hybridized carbons (Fsp3) is 0.143. The first-order chi connectivity index (χ1) is 8.95. The van der Waals surface area contributed by atoms with Crippen molar-refractivity contribution in [2.45, 2.75) is 12.5 Å². The maximum atomic E-state index is 13.6. The molecule has 1 unspecified atom stereocenters. The average Bonchev–Trinajstić information content (AvgIpc) is 2.30. The molecule has 2 N–H and O–H groups in total. The quantitative estimate of drug-likeness (QED) is 0.906. The van der Waals surface area contributed by atoms with Gasteiger partial charge in [0.2, 0.25) is 0 Å². The van der Waals surface area contributed by atoms with Gasteiger partial charge in [0.25, 0.3) is 0 Å². The van der Waals surface area contributed by atoms with E-state index in [1.54, 1.807) is 0 Å². The number of nitrogens with two attached hydrogens (primary N) is 1. The summed E-state index contributed by atoms with van der Waals surface area (Å²) in [6.45, 7) is 0. The van der Waals surface area contributed by atoms with Gasteiger partial charge in [0.1, 0.15) is 17.5 Å². The molecule has 0 fully saturated rings. The fourth-order valence-electron chi connectivity index (χ4n) is 1.89. The Morgan fingerprint density at radius 1 is 1.00 bits per heavy atom. The first kappa shape index (κ1) is 13.9. The standard InChI is InChI=1S/C14H11ClF3N/c15-9-1-2-13(18)12(6-9)14(19)5-8-3-10(16)7-11(17)4-8/h1-4,6-7,14H,5,19H2. The molecule has 5 heteroatoms. The maximum Gasteiger partial charge on any atom is 0.128 e. The Labute approximate surface area is 113 Å². The highest BCUT2D eigenvalue weighted by Crippen LogP contribution is 2.23. The molecule has 1 nitrogen and oxygen atoms in total. The zero-order valence-corrected chi connectivity index (χ0v) is 10.6. The van der Waals surface area contributed by atoms with Crippen LogP contribution >= 0.6 is 11.6 Å². The van der Waals surface area contributed by atoms with E-state index in [-0.39, 0.29) is 12.0 Å². The molecular weight excluding hydrogens is 275 g/mol. The number of hydrogen-bond donors (Lipinski definition) is 1. The Hall–Kier alpha value is -1.52. The highest BCUT2D eigenvalue weighted by atomic mass is 35.5. The van der Waals surface area contributed by atoms with Crippen molar-refractivity contribution in [3.63, 3.8) is 0 Å². The molecule has 0 saturated heterocycles. The second-order valence-corrected chi connectivity index (χ2v) is 4.69. The minimum absolute atomic E-state index is 0.117. The van der Waals surface area contributed by atoms with Gasteiger partial charge in [-0.1, -0.05) is 11.6 Å². The van der Waals surface area contributed by atoms with Crippen molar-refractivity contribution in [3.8, 4) is 0 Å². The molecular formula is C14H11ClF3N. The van der Waals surface area contributed by atoms with E-state index in [4.69, 9.17) is 17.3 Å². The largest absolute Gasteiger partial charge is 0.324 e. The SMILES string of the molecule is NC(Cc1cc(F)cc(F)c1)c1cc(Cl)ccc1F. The summed E-state index contributed by atoms with van der Waals surface area (Å²) in [5.74, 6) is -1.86. The third-order valence-corrected chi connectivity index (χ3v) is 2.97. The monoisotopic (exact) mass is 285 g/mol. The van der Waals surface area contributed by atoms with E-state index < -0.39 is 23.5 Å². The minimum Gasteiger partial charge on any atom is -0.324 e. The summed E-state index contributed by atoms with van der Waals surface area (Å²) < 4.78 is 39.7. The van der Waals surface area contributed by atoms with Gasteiger partial charge in [-0.05, 0) is 42.3 Å². The Morgan fingerprint density at radius 3 is 2.26 bits per heavy atom. The van der Waals surface area contributed by atoms with E-state index in [0.717, 1.165) is 6.07 Å². The van der Waals surface area contributed by atoms with E-state index in [9.17, 15) is 13.2 Å². The van der Waals surface area contributed by atoms with Gasteiger partial charge in [-0.2, -0.15) is 0 Å². The smallest absolute Gasteiger partial charge is 0.128 e. The summed E-state index contributed by atoms with van der Waals surface area (Å²) >= 11 is 5.77. The van der Waals surface area contributed by atoms with Crippen molar-refractivity contribution >= 4 is 11.6 Å². The minimum atomic E-state index is -0.722. The van der Waals surface area contributed by atoms with Crippen molar-refractivity contribution in [2.75, 3.05) is 0 Å². The van der Waals surface area contributed by atoms with Crippen LogP contribution in [0.25, 0.3) is 0 Å². The molecule has 2 aromatic carbocycles. The predicted molar refractivity (Wildman–Crippen MR) is 68.4 cm³/mol. The maximum absolute atomic E-state index is 13.6. The summed E-state index contributed by atoms with van der Waals surface area (Å²) in [4.78, 5) is 0. The van der Waals surface area contributed by atoms with Crippen LogP contribution in [0, 0.1) is 17.5 Å². The first-order valence-electron chi connectivity index (χ1n) is 5.61. The van der Waals surface area contributed by atoms with Crippen LogP contribution in [0.1, 0.15) is 17.2 Å². The fourth-order valence-corrected chi connectivity index (χ4v) is 2.07. The summed E-state index contributed by atoms with van der Waals surface area (Å²) in [5.41, 5.74) is 6.44. The predicted octanol–water partition coefficient (Wildman–Crippen LogP) is 4.00. The topological polar surface area (TPSA) is 26.0 Å². The molecule has 0 heterocycles. The molecule has 0 bridgehead atoms. The van der Waals surface area contributed by atoms with Crippen LogP contribution in [0.3, 0.4) is 0 Å². The second kappa shape index (κ2) is 5.63. The molecule has 0 aliphatic carbocycles. The summed E-state index contributed by atoms with van der Waals surface area (Å²) in [5, 5.41) is 0.359. The molecule has 19 heavy (non-hydrogen) atoms. The highest BCUT2D eigenvalue weighted by molar-refractivity contribution is 6.30. The van der Waals surface area contributed by atoms with Gasteiger partial charge in [0.05, 0.1) is 0 Å². The van der Waals surface area contributed by atoms with Gasteiger partial charge in [-0.15, -0.1) is 0 Å². The molecule has 0 aromatic heterocycles. The summed E-state index contributed by atoms with van der Waals surface area (Å²) in [6.07, 6.45) is 0.117. The van der Waals surface area contributed by atoms with E-state index >= 15 is 0 Å². The molecule has 0 saturated carbocycles. The Kier molecular flexibility index (Phi) is 4.12. The van der Waals surface area contributed by atoms with Crippen LogP contribution < -0.4 is 5.73 Å². The third-order valence-electron chi connectivity index (χ3n) is 2.74. The van der Waals surface area contributed by atoms with E-state index in [1.165, 1.54) is 30.3 Å². The van der Waals surface area contributed by atoms with Crippen molar-refractivity contribution in [3.05, 3.63) is 70.0 Å². The molecule has 0 spiro atoms. The molecule has 0 radical (unpaired) electrons. The van der Waals surface area contributed by atoms with Gasteiger partial charge in [-0.3, -0.25) is 0 Å². The number of halogens is 4. The molecule has 0 amide bonds. The third kappa shape index (κ3) is 3.49. The lowest BCUT2D eigenvalue weighted by atomic mass is 9.99. The molecule has 0 aliphatic rings. The summed E-state index contributed by atoms with van der Waals surface area (Å²) in [6, 6.07) is 6.43. The second-order valence-electron chi connectivity index (χ2n) is 4.25. The lowest BCUT2D eigenvalue weighted by Crippen LogP contribution is -2.15. The normalized spacial score (nSPS) is 12.5. The summed E-state index contributed by atoms with van der Waals surface area (Å²) in [7, 11) is 0. The van der Waals surface area contributed by atoms with Crippen molar-refractivity contribution in [1.82, 2.24) is 0 Å². The molecule has 0 aliphatic heterocycles. The van der Waals surface area contributed by atoms with Crippen molar-refractivity contribution in [1.29, 1.82) is 0 Å².